The molecule has 0 bridgehead atoms. The monoisotopic (exact) mass is 240 g/mol. The van der Waals surface area contributed by atoms with Crippen LogP contribution < -0.4 is 0 Å². The van der Waals surface area contributed by atoms with Crippen molar-refractivity contribution in [1.29, 1.82) is 0 Å². The van der Waals surface area contributed by atoms with Gasteiger partial charge < -0.3 is 10.0 Å². The zero-order valence-corrected chi connectivity index (χ0v) is 10.9. The normalized spacial score (nSPS) is 27.6. The molecule has 1 aliphatic rings. The molecule has 1 fully saturated rings. The minimum absolute atomic E-state index is 0.255. The molecule has 1 aliphatic heterocycles. The fraction of sp³-hybridized carbons (Fsp3) is 0.769. The zero-order chi connectivity index (χ0) is 12.8. The lowest BCUT2D eigenvalue weighted by Gasteiger charge is -2.28. The quantitative estimate of drug-likeness (QED) is 0.735. The number of hydrogen-bond acceptors (Lipinski definition) is 3. The van der Waals surface area contributed by atoms with Crippen molar-refractivity contribution in [2.45, 2.75) is 25.8 Å². The van der Waals surface area contributed by atoms with Crippen molar-refractivity contribution in [2.24, 2.45) is 5.92 Å². The van der Waals surface area contributed by atoms with Gasteiger partial charge in [-0.05, 0) is 19.4 Å². The first-order chi connectivity index (χ1) is 8.02. The molecule has 0 radical (unpaired) electrons. The molecule has 0 saturated carbocycles. The first-order valence-electron chi connectivity index (χ1n) is 6.28. The predicted molar refractivity (Wildman–Crippen MR) is 69.1 cm³/mol. The minimum atomic E-state index is -0.703. The first kappa shape index (κ1) is 14.2. The molecule has 1 heterocycles. The van der Waals surface area contributed by atoms with E-state index in [0.29, 0.717) is 12.0 Å². The maximum Gasteiger partial charge on any atom is 0.303 e. The standard InChI is InChI=1S/C13H24N2O2/c1-4-7-15-9-11(2)8-14(3)12(10-15)5-6-13(16)17/h4,11-12H,1,5-10H2,2-3H3,(H,16,17). The van der Waals surface area contributed by atoms with E-state index >= 15 is 0 Å². The average molecular weight is 240 g/mol. The van der Waals surface area contributed by atoms with Gasteiger partial charge in [-0.3, -0.25) is 9.69 Å². The third kappa shape index (κ3) is 4.88. The lowest BCUT2D eigenvalue weighted by Crippen LogP contribution is -2.39. The summed E-state index contributed by atoms with van der Waals surface area (Å²) in [5.41, 5.74) is 0. The Bertz CT molecular complexity index is 268. The van der Waals surface area contributed by atoms with Crippen LogP contribution in [-0.2, 0) is 4.79 Å². The smallest absolute Gasteiger partial charge is 0.303 e. The first-order valence-corrected chi connectivity index (χ1v) is 6.28. The Morgan fingerprint density at radius 3 is 2.76 bits per heavy atom. The van der Waals surface area contributed by atoms with Crippen LogP contribution >= 0.6 is 0 Å². The van der Waals surface area contributed by atoms with E-state index in [1.54, 1.807) is 0 Å². The number of hydrogen-bond donors (Lipinski definition) is 1. The molecule has 17 heavy (non-hydrogen) atoms. The van der Waals surface area contributed by atoms with Gasteiger partial charge in [-0.15, -0.1) is 6.58 Å². The van der Waals surface area contributed by atoms with Gasteiger partial charge >= 0.3 is 5.97 Å². The Hall–Kier alpha value is -0.870. The molecule has 1 rings (SSSR count). The highest BCUT2D eigenvalue weighted by Gasteiger charge is 2.25. The third-order valence-corrected chi connectivity index (χ3v) is 3.34. The summed E-state index contributed by atoms with van der Waals surface area (Å²) in [6.07, 6.45) is 2.91. The Labute approximate surface area is 104 Å². The van der Waals surface area contributed by atoms with Crippen molar-refractivity contribution in [2.75, 3.05) is 33.2 Å². The maximum atomic E-state index is 10.7. The summed E-state index contributed by atoms with van der Waals surface area (Å²) < 4.78 is 0. The highest BCUT2D eigenvalue weighted by Crippen LogP contribution is 2.16. The Kier molecular flexibility index (Phi) is 5.65. The molecule has 1 saturated heterocycles. The molecule has 4 nitrogen and oxygen atoms in total. The van der Waals surface area contributed by atoms with E-state index in [9.17, 15) is 4.79 Å². The van der Waals surface area contributed by atoms with Gasteiger partial charge in [-0.2, -0.15) is 0 Å². The van der Waals surface area contributed by atoms with Gasteiger partial charge in [0.2, 0.25) is 0 Å². The summed E-state index contributed by atoms with van der Waals surface area (Å²) in [4.78, 5) is 15.3. The number of carboxylic acids is 1. The molecule has 0 amide bonds. The molecule has 0 aromatic heterocycles. The van der Waals surface area contributed by atoms with Crippen molar-refractivity contribution < 1.29 is 9.90 Å². The van der Waals surface area contributed by atoms with Crippen molar-refractivity contribution in [1.82, 2.24) is 9.80 Å². The van der Waals surface area contributed by atoms with Gasteiger partial charge in [0.1, 0.15) is 0 Å². The lowest BCUT2D eigenvalue weighted by molar-refractivity contribution is -0.137. The molecular formula is C13H24N2O2. The van der Waals surface area contributed by atoms with Crippen LogP contribution in [-0.4, -0.2) is 60.1 Å². The number of nitrogens with zero attached hydrogens (tertiary/aromatic N) is 2. The predicted octanol–water partition coefficient (Wildman–Crippen LogP) is 1.29. The number of likely N-dealkylation sites (N-methyl/N-ethyl adjacent to an activating group) is 1. The van der Waals surface area contributed by atoms with Crippen LogP contribution in [0.15, 0.2) is 12.7 Å². The van der Waals surface area contributed by atoms with Gasteiger partial charge in [-0.1, -0.05) is 13.0 Å². The average Bonchev–Trinajstić information content (AvgIpc) is 2.35. The van der Waals surface area contributed by atoms with Crippen LogP contribution in [0, 0.1) is 5.92 Å². The SMILES string of the molecule is C=CCN1CC(C)CN(C)C(CCC(=O)O)C1. The number of aliphatic carboxylic acids is 1. The molecule has 0 aromatic carbocycles. The molecule has 98 valence electrons. The minimum Gasteiger partial charge on any atom is -0.481 e. The number of rotatable bonds is 5. The van der Waals surface area contributed by atoms with Crippen molar-refractivity contribution in [3.8, 4) is 0 Å². The fourth-order valence-electron chi connectivity index (χ4n) is 2.58. The lowest BCUT2D eigenvalue weighted by atomic mass is 10.1. The fourth-order valence-corrected chi connectivity index (χ4v) is 2.58. The highest BCUT2D eigenvalue weighted by atomic mass is 16.4. The van der Waals surface area contributed by atoms with Gasteiger partial charge in [0.25, 0.3) is 0 Å². The summed E-state index contributed by atoms with van der Waals surface area (Å²) in [6.45, 7) is 9.97. The molecule has 2 atom stereocenters. The summed E-state index contributed by atoms with van der Waals surface area (Å²) >= 11 is 0. The Morgan fingerprint density at radius 1 is 1.47 bits per heavy atom. The van der Waals surface area contributed by atoms with E-state index in [-0.39, 0.29) is 6.42 Å². The summed E-state index contributed by atoms with van der Waals surface area (Å²) in [7, 11) is 2.10. The molecule has 0 spiro atoms. The van der Waals surface area contributed by atoms with E-state index in [1.807, 2.05) is 6.08 Å². The Morgan fingerprint density at radius 2 is 2.18 bits per heavy atom. The molecule has 0 aliphatic carbocycles. The van der Waals surface area contributed by atoms with Crippen LogP contribution in [0.5, 0.6) is 0 Å². The van der Waals surface area contributed by atoms with E-state index in [4.69, 9.17) is 5.11 Å². The highest BCUT2D eigenvalue weighted by molar-refractivity contribution is 5.66. The van der Waals surface area contributed by atoms with Crippen molar-refractivity contribution in [3.63, 3.8) is 0 Å². The van der Waals surface area contributed by atoms with Crippen LogP contribution in [0.2, 0.25) is 0 Å². The van der Waals surface area contributed by atoms with Crippen LogP contribution in [0.25, 0.3) is 0 Å². The second-order valence-electron chi connectivity index (χ2n) is 5.14. The molecule has 1 N–H and O–H groups in total. The van der Waals surface area contributed by atoms with E-state index in [1.165, 1.54) is 0 Å². The summed E-state index contributed by atoms with van der Waals surface area (Å²) in [6, 6.07) is 0.344. The Balaban J connectivity index is 2.58. The van der Waals surface area contributed by atoms with Crippen LogP contribution in [0.4, 0.5) is 0 Å². The van der Waals surface area contributed by atoms with Crippen LogP contribution in [0.3, 0.4) is 0 Å². The van der Waals surface area contributed by atoms with E-state index in [2.05, 4.69) is 30.4 Å². The second kappa shape index (κ2) is 6.77. The molecule has 0 aromatic rings. The molecule has 2 unspecified atom stereocenters. The largest absolute Gasteiger partial charge is 0.481 e. The molecule has 4 heteroatoms. The molecular weight excluding hydrogens is 216 g/mol. The van der Waals surface area contributed by atoms with Crippen molar-refractivity contribution >= 4 is 5.97 Å². The van der Waals surface area contributed by atoms with Crippen molar-refractivity contribution in [3.05, 3.63) is 12.7 Å². The van der Waals surface area contributed by atoms with Gasteiger partial charge in [-0.25, -0.2) is 0 Å². The van der Waals surface area contributed by atoms with E-state index < -0.39 is 5.97 Å². The topological polar surface area (TPSA) is 43.8 Å². The summed E-state index contributed by atoms with van der Waals surface area (Å²) in [5, 5.41) is 8.77. The third-order valence-electron chi connectivity index (χ3n) is 3.34. The zero-order valence-electron chi connectivity index (χ0n) is 10.9. The maximum absolute atomic E-state index is 10.7. The van der Waals surface area contributed by atoms with Gasteiger partial charge in [0.15, 0.2) is 0 Å². The van der Waals surface area contributed by atoms with Crippen LogP contribution in [0.1, 0.15) is 19.8 Å². The number of carboxylic acid groups (broad SMARTS) is 1. The van der Waals surface area contributed by atoms with Gasteiger partial charge in [0, 0.05) is 38.6 Å². The van der Waals surface area contributed by atoms with E-state index in [0.717, 1.165) is 32.6 Å². The summed E-state index contributed by atoms with van der Waals surface area (Å²) in [5.74, 6) is -0.0826. The van der Waals surface area contributed by atoms with Gasteiger partial charge in [0.05, 0.1) is 0 Å². The number of carbonyl (C=O) groups is 1. The second-order valence-corrected chi connectivity index (χ2v) is 5.14.